The van der Waals surface area contributed by atoms with E-state index < -0.39 is 0 Å². The molecule has 1 aliphatic heterocycles. The minimum absolute atomic E-state index is 0.479. The van der Waals surface area contributed by atoms with Gasteiger partial charge in [-0.3, -0.25) is 4.90 Å². The molecule has 1 fully saturated rings. The molecule has 9 heteroatoms. The second-order valence-corrected chi connectivity index (χ2v) is 7.36. The molecule has 32 heavy (non-hydrogen) atoms. The minimum Gasteiger partial charge on any atom is -0.495 e. The molecule has 4 rings (SSSR count). The summed E-state index contributed by atoms with van der Waals surface area (Å²) in [4.78, 5) is 9.22. The van der Waals surface area contributed by atoms with Gasteiger partial charge in [0.2, 0.25) is 17.5 Å². The molecule has 2 heterocycles. The van der Waals surface area contributed by atoms with Crippen LogP contribution in [0.25, 0.3) is 11.4 Å². The van der Waals surface area contributed by atoms with Crippen molar-refractivity contribution in [3.05, 3.63) is 42.3 Å². The molecule has 1 aromatic heterocycles. The number of hydrogen-bond acceptors (Lipinski definition) is 9. The molecule has 0 amide bonds. The third-order valence-electron chi connectivity index (χ3n) is 5.55. The van der Waals surface area contributed by atoms with Crippen LogP contribution in [0.5, 0.6) is 23.0 Å². The van der Waals surface area contributed by atoms with Crippen molar-refractivity contribution < 1.29 is 23.5 Å². The summed E-state index contributed by atoms with van der Waals surface area (Å²) in [7, 11) is 6.43. The van der Waals surface area contributed by atoms with Gasteiger partial charge >= 0.3 is 0 Å². The third-order valence-corrected chi connectivity index (χ3v) is 5.55. The number of rotatable bonds is 8. The Balaban J connectivity index is 1.42. The van der Waals surface area contributed by atoms with Gasteiger partial charge in [0.25, 0.3) is 0 Å². The van der Waals surface area contributed by atoms with Crippen LogP contribution in [0.1, 0.15) is 5.89 Å². The molecule has 1 saturated heterocycles. The van der Waals surface area contributed by atoms with E-state index >= 15 is 0 Å². The Morgan fingerprint density at radius 3 is 2.12 bits per heavy atom. The van der Waals surface area contributed by atoms with E-state index in [1.54, 1.807) is 28.4 Å². The quantitative estimate of drug-likeness (QED) is 0.525. The van der Waals surface area contributed by atoms with Crippen LogP contribution >= 0.6 is 0 Å². The van der Waals surface area contributed by atoms with Gasteiger partial charge in [0.15, 0.2) is 11.5 Å². The lowest BCUT2D eigenvalue weighted by Crippen LogP contribution is -2.46. The zero-order chi connectivity index (χ0) is 22.5. The molecule has 0 saturated carbocycles. The number of nitrogens with zero attached hydrogens (tertiary/aromatic N) is 4. The van der Waals surface area contributed by atoms with Crippen molar-refractivity contribution in [1.82, 2.24) is 15.0 Å². The van der Waals surface area contributed by atoms with Gasteiger partial charge in [-0.25, -0.2) is 0 Å². The van der Waals surface area contributed by atoms with E-state index in [1.165, 1.54) is 0 Å². The van der Waals surface area contributed by atoms with Gasteiger partial charge in [-0.2, -0.15) is 4.98 Å². The topological polar surface area (TPSA) is 82.3 Å². The van der Waals surface area contributed by atoms with Crippen LogP contribution in [0, 0.1) is 0 Å². The van der Waals surface area contributed by atoms with Crippen molar-refractivity contribution >= 4 is 5.69 Å². The highest BCUT2D eigenvalue weighted by atomic mass is 16.5. The number of piperazine rings is 1. The maximum Gasteiger partial charge on any atom is 0.241 e. The summed E-state index contributed by atoms with van der Waals surface area (Å²) in [5, 5.41) is 4.15. The van der Waals surface area contributed by atoms with E-state index in [9.17, 15) is 0 Å². The van der Waals surface area contributed by atoms with Crippen LogP contribution in [-0.4, -0.2) is 69.7 Å². The van der Waals surface area contributed by atoms with Gasteiger partial charge in [-0.1, -0.05) is 17.3 Å². The van der Waals surface area contributed by atoms with E-state index in [0.29, 0.717) is 35.5 Å². The molecule has 0 atom stereocenters. The van der Waals surface area contributed by atoms with Crippen molar-refractivity contribution in [1.29, 1.82) is 0 Å². The van der Waals surface area contributed by atoms with Crippen LogP contribution in [-0.2, 0) is 6.54 Å². The number of para-hydroxylation sites is 2. The van der Waals surface area contributed by atoms with Gasteiger partial charge in [-0.05, 0) is 24.3 Å². The lowest BCUT2D eigenvalue weighted by Gasteiger charge is -2.35. The average Bonchev–Trinajstić information content (AvgIpc) is 3.32. The third kappa shape index (κ3) is 4.43. The zero-order valence-corrected chi connectivity index (χ0v) is 18.8. The predicted molar refractivity (Wildman–Crippen MR) is 120 cm³/mol. The summed E-state index contributed by atoms with van der Waals surface area (Å²) in [6.45, 7) is 4.17. The lowest BCUT2D eigenvalue weighted by atomic mass is 10.1. The van der Waals surface area contributed by atoms with E-state index in [0.717, 1.165) is 43.2 Å². The fraction of sp³-hybridized carbons (Fsp3) is 0.391. The van der Waals surface area contributed by atoms with E-state index in [1.807, 2.05) is 30.3 Å². The van der Waals surface area contributed by atoms with Gasteiger partial charge < -0.3 is 28.4 Å². The van der Waals surface area contributed by atoms with E-state index in [-0.39, 0.29) is 0 Å². The second-order valence-electron chi connectivity index (χ2n) is 7.36. The van der Waals surface area contributed by atoms with Crippen LogP contribution in [0.15, 0.2) is 40.9 Å². The predicted octanol–water partition coefficient (Wildman–Crippen LogP) is 3.09. The van der Waals surface area contributed by atoms with Crippen LogP contribution < -0.4 is 23.8 Å². The SMILES string of the molecule is COc1ccccc1N1CCN(Cc2nc(-c3cc(OC)c(OC)c(OC)c3)no2)CC1. The maximum absolute atomic E-state index is 5.52. The number of anilines is 1. The normalized spacial score (nSPS) is 14.3. The summed E-state index contributed by atoms with van der Waals surface area (Å²) in [6, 6.07) is 11.7. The number of hydrogen-bond donors (Lipinski definition) is 0. The summed E-state index contributed by atoms with van der Waals surface area (Å²) in [5.74, 6) is 3.55. The first-order valence-electron chi connectivity index (χ1n) is 10.4. The highest BCUT2D eigenvalue weighted by molar-refractivity contribution is 5.66. The number of ether oxygens (including phenoxy) is 4. The zero-order valence-electron chi connectivity index (χ0n) is 18.8. The minimum atomic E-state index is 0.479. The Bertz CT molecular complexity index is 1020. The molecular formula is C23H28N4O5. The van der Waals surface area contributed by atoms with Crippen molar-refractivity contribution in [2.75, 3.05) is 59.5 Å². The summed E-state index contributed by atoms with van der Waals surface area (Å²) in [5.41, 5.74) is 1.85. The summed E-state index contributed by atoms with van der Waals surface area (Å²) in [6.07, 6.45) is 0. The smallest absolute Gasteiger partial charge is 0.241 e. The summed E-state index contributed by atoms with van der Waals surface area (Å²) < 4.78 is 27.2. The van der Waals surface area contributed by atoms with Crippen LogP contribution in [0.2, 0.25) is 0 Å². The fourth-order valence-corrected chi connectivity index (χ4v) is 3.88. The molecule has 9 nitrogen and oxygen atoms in total. The van der Waals surface area contributed by atoms with E-state index in [4.69, 9.17) is 23.5 Å². The van der Waals surface area contributed by atoms with E-state index in [2.05, 4.69) is 26.0 Å². The molecule has 0 radical (unpaired) electrons. The van der Waals surface area contributed by atoms with Gasteiger partial charge in [0.05, 0.1) is 40.7 Å². The summed E-state index contributed by atoms with van der Waals surface area (Å²) >= 11 is 0. The van der Waals surface area contributed by atoms with Crippen LogP contribution in [0.3, 0.4) is 0 Å². The first-order valence-corrected chi connectivity index (χ1v) is 10.4. The van der Waals surface area contributed by atoms with Crippen molar-refractivity contribution in [2.45, 2.75) is 6.54 Å². The first kappa shape index (κ1) is 21.8. The Morgan fingerprint density at radius 1 is 0.844 bits per heavy atom. The molecule has 2 aromatic carbocycles. The molecular weight excluding hydrogens is 412 g/mol. The Hall–Kier alpha value is -3.46. The molecule has 0 bridgehead atoms. The second kappa shape index (κ2) is 9.78. The molecule has 0 N–H and O–H groups in total. The monoisotopic (exact) mass is 440 g/mol. The van der Waals surface area contributed by atoms with Crippen molar-refractivity contribution in [3.8, 4) is 34.4 Å². The first-order chi connectivity index (χ1) is 15.7. The Labute approximate surface area is 187 Å². The number of methoxy groups -OCH3 is 4. The molecule has 3 aromatic rings. The standard InChI is InChI=1S/C23H28N4O5/c1-28-18-8-6-5-7-17(18)27-11-9-26(10-12-27)15-21-24-23(25-32-21)16-13-19(29-2)22(31-4)20(14-16)30-3/h5-8,13-14H,9-12,15H2,1-4H3. The molecule has 1 aliphatic rings. The number of benzene rings is 2. The molecule has 170 valence electrons. The Morgan fingerprint density at radius 2 is 1.50 bits per heavy atom. The molecule has 0 spiro atoms. The van der Waals surface area contributed by atoms with Crippen LogP contribution in [0.4, 0.5) is 5.69 Å². The molecule has 0 unspecified atom stereocenters. The Kier molecular flexibility index (Phi) is 6.65. The van der Waals surface area contributed by atoms with Gasteiger partial charge in [-0.15, -0.1) is 0 Å². The average molecular weight is 441 g/mol. The fourth-order valence-electron chi connectivity index (χ4n) is 3.88. The number of aromatic nitrogens is 2. The highest BCUT2D eigenvalue weighted by Gasteiger charge is 2.22. The van der Waals surface area contributed by atoms with Gasteiger partial charge in [0.1, 0.15) is 5.75 Å². The van der Waals surface area contributed by atoms with Gasteiger partial charge in [0, 0.05) is 31.7 Å². The van der Waals surface area contributed by atoms with Crippen molar-refractivity contribution in [2.24, 2.45) is 0 Å². The molecule has 0 aliphatic carbocycles. The lowest BCUT2D eigenvalue weighted by molar-refractivity contribution is 0.215. The maximum atomic E-state index is 5.52. The largest absolute Gasteiger partial charge is 0.495 e. The highest BCUT2D eigenvalue weighted by Crippen LogP contribution is 2.40. The van der Waals surface area contributed by atoms with Crippen molar-refractivity contribution in [3.63, 3.8) is 0 Å².